The van der Waals surface area contributed by atoms with Crippen LogP contribution < -0.4 is 0 Å². The van der Waals surface area contributed by atoms with E-state index in [1.807, 2.05) is 6.92 Å². The molecule has 1 spiro atoms. The fourth-order valence-corrected chi connectivity index (χ4v) is 3.25. The van der Waals surface area contributed by atoms with E-state index in [4.69, 9.17) is 0 Å². The molecule has 0 aromatic heterocycles. The zero-order valence-electron chi connectivity index (χ0n) is 10.0. The maximum Gasteiger partial charge on any atom is 0.0524 e. The van der Waals surface area contributed by atoms with E-state index in [2.05, 4.69) is 4.90 Å². The third kappa shape index (κ3) is 2.94. The van der Waals surface area contributed by atoms with Gasteiger partial charge < -0.3 is 10.0 Å². The first-order valence-corrected chi connectivity index (χ1v) is 6.61. The van der Waals surface area contributed by atoms with Crippen molar-refractivity contribution >= 4 is 0 Å². The van der Waals surface area contributed by atoms with Crippen molar-refractivity contribution in [2.24, 2.45) is 5.41 Å². The van der Waals surface area contributed by atoms with Gasteiger partial charge in [-0.25, -0.2) is 0 Å². The molecule has 88 valence electrons. The maximum absolute atomic E-state index is 9.26. The summed E-state index contributed by atoms with van der Waals surface area (Å²) in [6.45, 7) is 5.52. The van der Waals surface area contributed by atoms with E-state index in [0.717, 1.165) is 18.4 Å². The molecule has 0 radical (unpaired) electrons. The van der Waals surface area contributed by atoms with Crippen LogP contribution in [0.15, 0.2) is 0 Å². The lowest BCUT2D eigenvalue weighted by Crippen LogP contribution is -2.39. The molecule has 1 N–H and O–H groups in total. The van der Waals surface area contributed by atoms with E-state index in [1.165, 1.54) is 51.6 Å². The van der Waals surface area contributed by atoms with Gasteiger partial charge in [-0.2, -0.15) is 0 Å². The fraction of sp³-hybridized carbons (Fsp3) is 1.00. The Morgan fingerprint density at radius 2 is 1.73 bits per heavy atom. The first kappa shape index (κ1) is 11.4. The van der Waals surface area contributed by atoms with Crippen molar-refractivity contribution in [1.82, 2.24) is 4.90 Å². The van der Waals surface area contributed by atoms with Gasteiger partial charge in [-0.3, -0.25) is 0 Å². The first-order chi connectivity index (χ1) is 7.20. The van der Waals surface area contributed by atoms with Gasteiger partial charge in [0.25, 0.3) is 0 Å². The Morgan fingerprint density at radius 3 is 2.27 bits per heavy atom. The summed E-state index contributed by atoms with van der Waals surface area (Å²) in [4.78, 5) is 2.54. The number of nitrogens with zero attached hydrogens (tertiary/aromatic N) is 1. The highest BCUT2D eigenvalue weighted by atomic mass is 16.3. The fourth-order valence-electron chi connectivity index (χ4n) is 3.25. The van der Waals surface area contributed by atoms with Crippen LogP contribution in [0.25, 0.3) is 0 Å². The van der Waals surface area contributed by atoms with Gasteiger partial charge in [-0.15, -0.1) is 0 Å². The Hall–Kier alpha value is -0.0800. The van der Waals surface area contributed by atoms with E-state index in [9.17, 15) is 5.11 Å². The van der Waals surface area contributed by atoms with E-state index < -0.39 is 0 Å². The second-order valence-corrected chi connectivity index (χ2v) is 5.69. The summed E-state index contributed by atoms with van der Waals surface area (Å²) >= 11 is 0. The molecule has 2 fully saturated rings. The lowest BCUT2D eigenvalue weighted by atomic mass is 9.77. The third-order valence-electron chi connectivity index (χ3n) is 4.44. The monoisotopic (exact) mass is 211 g/mol. The summed E-state index contributed by atoms with van der Waals surface area (Å²) in [5.41, 5.74) is 0.737. The molecule has 0 aromatic rings. The highest BCUT2D eigenvalue weighted by molar-refractivity contribution is 4.89. The van der Waals surface area contributed by atoms with E-state index in [-0.39, 0.29) is 6.10 Å². The molecule has 1 heterocycles. The van der Waals surface area contributed by atoms with E-state index >= 15 is 0 Å². The van der Waals surface area contributed by atoms with Gasteiger partial charge in [0.05, 0.1) is 6.10 Å². The summed E-state index contributed by atoms with van der Waals surface area (Å²) in [7, 11) is 0. The Morgan fingerprint density at radius 1 is 1.13 bits per heavy atom. The SMILES string of the molecule is CC(O)CCN1CCC2(CCCC2)CC1. The van der Waals surface area contributed by atoms with Crippen molar-refractivity contribution < 1.29 is 5.11 Å². The Labute approximate surface area is 93.7 Å². The van der Waals surface area contributed by atoms with Gasteiger partial charge in [0, 0.05) is 6.54 Å². The Balaban J connectivity index is 1.72. The van der Waals surface area contributed by atoms with Crippen LogP contribution in [-0.2, 0) is 0 Å². The van der Waals surface area contributed by atoms with Gasteiger partial charge in [0.15, 0.2) is 0 Å². The molecule has 0 bridgehead atoms. The summed E-state index contributed by atoms with van der Waals surface area (Å²) in [5.74, 6) is 0. The molecule has 1 saturated heterocycles. The van der Waals surface area contributed by atoms with Gasteiger partial charge in [0.1, 0.15) is 0 Å². The third-order valence-corrected chi connectivity index (χ3v) is 4.44. The maximum atomic E-state index is 9.26. The number of hydrogen-bond donors (Lipinski definition) is 1. The zero-order valence-corrected chi connectivity index (χ0v) is 10.0. The first-order valence-electron chi connectivity index (χ1n) is 6.61. The number of rotatable bonds is 3. The number of aliphatic hydroxyl groups is 1. The van der Waals surface area contributed by atoms with Crippen molar-refractivity contribution in [2.75, 3.05) is 19.6 Å². The minimum atomic E-state index is -0.132. The number of hydrogen-bond acceptors (Lipinski definition) is 2. The summed E-state index contributed by atoms with van der Waals surface area (Å²) in [6.07, 6.45) is 9.52. The molecule has 2 heteroatoms. The summed E-state index contributed by atoms with van der Waals surface area (Å²) < 4.78 is 0. The predicted octanol–water partition coefficient (Wildman–Crippen LogP) is 2.41. The van der Waals surface area contributed by atoms with Crippen molar-refractivity contribution in [1.29, 1.82) is 0 Å². The van der Waals surface area contributed by atoms with Crippen molar-refractivity contribution in [3.05, 3.63) is 0 Å². The normalized spacial score (nSPS) is 28.4. The molecular weight excluding hydrogens is 186 g/mol. The molecule has 1 atom stereocenters. The smallest absolute Gasteiger partial charge is 0.0524 e. The quantitative estimate of drug-likeness (QED) is 0.775. The lowest BCUT2D eigenvalue weighted by molar-refractivity contribution is 0.0911. The van der Waals surface area contributed by atoms with Crippen LogP contribution in [0.4, 0.5) is 0 Å². The Bertz CT molecular complexity index is 187. The average molecular weight is 211 g/mol. The van der Waals surface area contributed by atoms with E-state index in [1.54, 1.807) is 0 Å². The second kappa shape index (κ2) is 4.84. The predicted molar refractivity (Wildman–Crippen MR) is 62.9 cm³/mol. The van der Waals surface area contributed by atoms with Gasteiger partial charge in [0.2, 0.25) is 0 Å². The summed E-state index contributed by atoms with van der Waals surface area (Å²) in [6, 6.07) is 0. The highest BCUT2D eigenvalue weighted by Gasteiger charge is 2.36. The number of likely N-dealkylation sites (tertiary alicyclic amines) is 1. The van der Waals surface area contributed by atoms with Crippen LogP contribution >= 0.6 is 0 Å². The van der Waals surface area contributed by atoms with Crippen molar-refractivity contribution in [2.45, 2.75) is 58.0 Å². The van der Waals surface area contributed by atoms with Crippen molar-refractivity contribution in [3.63, 3.8) is 0 Å². The van der Waals surface area contributed by atoms with Crippen LogP contribution in [0.5, 0.6) is 0 Å². The number of aliphatic hydroxyl groups excluding tert-OH is 1. The highest BCUT2D eigenvalue weighted by Crippen LogP contribution is 2.45. The molecule has 1 aliphatic heterocycles. The van der Waals surface area contributed by atoms with Crippen LogP contribution in [0.3, 0.4) is 0 Å². The molecule has 2 aliphatic rings. The van der Waals surface area contributed by atoms with Crippen LogP contribution in [0.1, 0.15) is 51.9 Å². The molecule has 1 saturated carbocycles. The van der Waals surface area contributed by atoms with Gasteiger partial charge in [-0.05, 0) is 57.5 Å². The molecule has 0 amide bonds. The lowest BCUT2D eigenvalue weighted by Gasteiger charge is -2.39. The number of piperidine rings is 1. The minimum Gasteiger partial charge on any atom is -0.393 e. The molecule has 2 nitrogen and oxygen atoms in total. The second-order valence-electron chi connectivity index (χ2n) is 5.69. The molecule has 1 aliphatic carbocycles. The molecule has 0 aromatic carbocycles. The van der Waals surface area contributed by atoms with Crippen molar-refractivity contribution in [3.8, 4) is 0 Å². The zero-order chi connectivity index (χ0) is 10.7. The largest absolute Gasteiger partial charge is 0.393 e. The van der Waals surface area contributed by atoms with Gasteiger partial charge >= 0.3 is 0 Å². The van der Waals surface area contributed by atoms with Crippen LogP contribution in [0, 0.1) is 5.41 Å². The topological polar surface area (TPSA) is 23.5 Å². The molecule has 2 rings (SSSR count). The van der Waals surface area contributed by atoms with Crippen LogP contribution in [0.2, 0.25) is 0 Å². The molecule has 1 unspecified atom stereocenters. The Kier molecular flexibility index (Phi) is 3.68. The molecular formula is C13H25NO. The van der Waals surface area contributed by atoms with E-state index in [0.29, 0.717) is 0 Å². The summed E-state index contributed by atoms with van der Waals surface area (Å²) in [5, 5.41) is 9.26. The average Bonchev–Trinajstić information content (AvgIpc) is 2.66. The molecule has 15 heavy (non-hydrogen) atoms. The van der Waals surface area contributed by atoms with Gasteiger partial charge in [-0.1, -0.05) is 12.8 Å². The minimum absolute atomic E-state index is 0.132. The standard InChI is InChI=1S/C13H25NO/c1-12(15)4-9-14-10-7-13(8-11-14)5-2-3-6-13/h12,15H,2-11H2,1H3. The van der Waals surface area contributed by atoms with Crippen LogP contribution in [-0.4, -0.2) is 35.7 Å².